The predicted molar refractivity (Wildman–Crippen MR) is 116 cm³/mol. The van der Waals surface area contributed by atoms with Gasteiger partial charge in [-0.2, -0.15) is 0 Å². The zero-order chi connectivity index (χ0) is 22.0. The van der Waals surface area contributed by atoms with Crippen LogP contribution >= 0.6 is 11.3 Å². The van der Waals surface area contributed by atoms with Crippen molar-refractivity contribution in [2.24, 2.45) is 0 Å². The number of halogens is 1. The van der Waals surface area contributed by atoms with Crippen LogP contribution in [0, 0.1) is 5.82 Å². The molecule has 7 nitrogen and oxygen atoms in total. The van der Waals surface area contributed by atoms with Crippen LogP contribution in [0.5, 0.6) is 17.2 Å². The second-order valence-electron chi connectivity index (χ2n) is 7.05. The normalized spacial score (nSPS) is 15.8. The second-order valence-corrected chi connectivity index (χ2v) is 8.06. The van der Waals surface area contributed by atoms with Crippen LogP contribution < -0.4 is 19.1 Å². The van der Waals surface area contributed by atoms with Crippen LogP contribution in [0.25, 0.3) is 10.2 Å². The van der Waals surface area contributed by atoms with E-state index in [9.17, 15) is 9.18 Å². The van der Waals surface area contributed by atoms with Gasteiger partial charge < -0.3 is 18.9 Å². The van der Waals surface area contributed by atoms with Crippen LogP contribution in [0.4, 0.5) is 9.52 Å². The van der Waals surface area contributed by atoms with Gasteiger partial charge in [-0.3, -0.25) is 9.69 Å². The Labute approximate surface area is 183 Å². The molecule has 2 aromatic carbocycles. The molecule has 9 heteroatoms. The number of methoxy groups -OCH3 is 3. The Morgan fingerprint density at radius 2 is 1.97 bits per heavy atom. The number of fused-ring (bicyclic) bond motifs is 1. The third-order valence-electron chi connectivity index (χ3n) is 5.16. The molecule has 3 aromatic rings. The van der Waals surface area contributed by atoms with Crippen molar-refractivity contribution in [2.45, 2.75) is 18.9 Å². The van der Waals surface area contributed by atoms with E-state index in [1.807, 2.05) is 0 Å². The SMILES string of the molecule is COc1cc(C(=O)N(CC2CCCO2)c2nc3c(F)cccc3s2)cc(OC)c1OC. The number of thiazole rings is 1. The van der Waals surface area contributed by atoms with Crippen molar-refractivity contribution in [3.63, 3.8) is 0 Å². The van der Waals surface area contributed by atoms with E-state index >= 15 is 0 Å². The molecule has 1 atom stereocenters. The Morgan fingerprint density at radius 1 is 1.23 bits per heavy atom. The van der Waals surface area contributed by atoms with Crippen molar-refractivity contribution >= 4 is 32.6 Å². The molecule has 4 rings (SSSR count). The Hall–Kier alpha value is -2.91. The first kappa shape index (κ1) is 21.3. The molecule has 0 N–H and O–H groups in total. The number of nitrogens with zero attached hydrogens (tertiary/aromatic N) is 2. The molecule has 1 aliphatic heterocycles. The number of anilines is 1. The van der Waals surface area contributed by atoms with E-state index in [2.05, 4.69) is 4.98 Å². The van der Waals surface area contributed by atoms with Crippen LogP contribution in [-0.4, -0.2) is 51.5 Å². The van der Waals surface area contributed by atoms with Gasteiger partial charge in [0.05, 0.1) is 38.7 Å². The van der Waals surface area contributed by atoms with Gasteiger partial charge >= 0.3 is 0 Å². The molecule has 1 unspecified atom stereocenters. The van der Waals surface area contributed by atoms with Gasteiger partial charge in [-0.1, -0.05) is 17.4 Å². The van der Waals surface area contributed by atoms with Gasteiger partial charge in [0, 0.05) is 12.2 Å². The molecular weight excluding hydrogens is 423 g/mol. The maximum absolute atomic E-state index is 14.2. The summed E-state index contributed by atoms with van der Waals surface area (Å²) in [5.41, 5.74) is 0.588. The Bertz CT molecular complexity index is 1070. The number of para-hydroxylation sites is 1. The lowest BCUT2D eigenvalue weighted by atomic mass is 10.1. The van der Waals surface area contributed by atoms with E-state index in [4.69, 9.17) is 18.9 Å². The summed E-state index contributed by atoms with van der Waals surface area (Å²) in [6.45, 7) is 0.974. The van der Waals surface area contributed by atoms with Crippen LogP contribution in [0.3, 0.4) is 0 Å². The first-order chi connectivity index (χ1) is 15.0. The highest BCUT2D eigenvalue weighted by molar-refractivity contribution is 7.22. The van der Waals surface area contributed by atoms with Crippen molar-refractivity contribution in [1.82, 2.24) is 4.98 Å². The van der Waals surface area contributed by atoms with Gasteiger partial charge in [-0.15, -0.1) is 0 Å². The van der Waals surface area contributed by atoms with Crippen LogP contribution in [-0.2, 0) is 4.74 Å². The van der Waals surface area contributed by atoms with Crippen LogP contribution in [0.2, 0.25) is 0 Å². The third-order valence-corrected chi connectivity index (χ3v) is 6.20. The number of ether oxygens (including phenoxy) is 4. The van der Waals surface area contributed by atoms with Gasteiger partial charge in [-0.05, 0) is 37.1 Å². The van der Waals surface area contributed by atoms with Gasteiger partial charge in [-0.25, -0.2) is 9.37 Å². The van der Waals surface area contributed by atoms with Crippen molar-refractivity contribution in [3.8, 4) is 17.2 Å². The molecular formula is C22H23FN2O5S. The summed E-state index contributed by atoms with van der Waals surface area (Å²) >= 11 is 1.26. The highest BCUT2D eigenvalue weighted by atomic mass is 32.1. The zero-order valence-electron chi connectivity index (χ0n) is 17.5. The summed E-state index contributed by atoms with van der Waals surface area (Å²) in [5, 5.41) is 0.411. The van der Waals surface area contributed by atoms with Crippen LogP contribution in [0.15, 0.2) is 30.3 Å². The molecule has 1 aliphatic rings. The average Bonchev–Trinajstić information content (AvgIpc) is 3.46. The Morgan fingerprint density at radius 3 is 2.55 bits per heavy atom. The van der Waals surface area contributed by atoms with E-state index in [0.29, 0.717) is 45.8 Å². The number of aromatic nitrogens is 1. The fourth-order valence-electron chi connectivity index (χ4n) is 3.62. The monoisotopic (exact) mass is 446 g/mol. The summed E-state index contributed by atoms with van der Waals surface area (Å²) < 4.78 is 36.8. The fraction of sp³-hybridized carbons (Fsp3) is 0.364. The highest BCUT2D eigenvalue weighted by Gasteiger charge is 2.29. The summed E-state index contributed by atoms with van der Waals surface area (Å²) in [5.74, 6) is 0.413. The third kappa shape index (κ3) is 4.15. The molecule has 2 heterocycles. The van der Waals surface area contributed by atoms with Gasteiger partial charge in [0.2, 0.25) is 5.75 Å². The van der Waals surface area contributed by atoms with Gasteiger partial charge in [0.1, 0.15) is 11.3 Å². The maximum Gasteiger partial charge on any atom is 0.260 e. The summed E-state index contributed by atoms with van der Waals surface area (Å²) in [6, 6.07) is 7.97. The maximum atomic E-state index is 14.2. The standard InChI is InChI=1S/C22H23FN2O5S/c1-27-16-10-13(11-17(28-2)20(16)29-3)21(26)25(12-14-6-5-9-30-14)22-24-19-15(23)7-4-8-18(19)31-22/h4,7-8,10-11,14H,5-6,9,12H2,1-3H3. The first-order valence-corrected chi connectivity index (χ1v) is 10.7. The molecule has 0 saturated carbocycles. The number of benzene rings is 2. The summed E-state index contributed by atoms with van der Waals surface area (Å²) in [4.78, 5) is 19.6. The largest absolute Gasteiger partial charge is 0.493 e. The average molecular weight is 447 g/mol. The number of hydrogen-bond donors (Lipinski definition) is 0. The molecule has 31 heavy (non-hydrogen) atoms. The topological polar surface area (TPSA) is 70.1 Å². The Kier molecular flexibility index (Phi) is 6.24. The number of carbonyl (C=O) groups is 1. The lowest BCUT2D eigenvalue weighted by Crippen LogP contribution is -2.37. The summed E-state index contributed by atoms with van der Waals surface area (Å²) in [7, 11) is 4.49. The van der Waals surface area contributed by atoms with Crippen molar-refractivity contribution < 1.29 is 28.1 Å². The lowest BCUT2D eigenvalue weighted by molar-refractivity contribution is 0.0917. The van der Waals surface area contributed by atoms with Gasteiger partial charge in [0.25, 0.3) is 5.91 Å². The van der Waals surface area contributed by atoms with E-state index in [0.717, 1.165) is 12.8 Å². The van der Waals surface area contributed by atoms with Crippen molar-refractivity contribution in [1.29, 1.82) is 0 Å². The molecule has 1 aromatic heterocycles. The number of carbonyl (C=O) groups excluding carboxylic acids is 1. The molecule has 1 fully saturated rings. The number of hydrogen-bond acceptors (Lipinski definition) is 7. The van der Waals surface area contributed by atoms with E-state index in [1.54, 1.807) is 29.2 Å². The Balaban J connectivity index is 1.77. The molecule has 0 aliphatic carbocycles. The lowest BCUT2D eigenvalue weighted by Gasteiger charge is -2.24. The number of amides is 1. The van der Waals surface area contributed by atoms with Crippen molar-refractivity contribution in [3.05, 3.63) is 41.7 Å². The second kappa shape index (κ2) is 9.07. The van der Waals surface area contributed by atoms with Crippen molar-refractivity contribution in [2.75, 3.05) is 39.4 Å². The molecule has 1 amide bonds. The minimum absolute atomic E-state index is 0.108. The highest BCUT2D eigenvalue weighted by Crippen LogP contribution is 2.39. The quantitative estimate of drug-likeness (QED) is 0.539. The molecule has 0 radical (unpaired) electrons. The summed E-state index contributed by atoms with van der Waals surface area (Å²) in [6.07, 6.45) is 1.67. The number of rotatable bonds is 7. The van der Waals surface area contributed by atoms with E-state index < -0.39 is 5.82 Å². The minimum atomic E-state index is -0.419. The zero-order valence-corrected chi connectivity index (χ0v) is 18.3. The smallest absolute Gasteiger partial charge is 0.260 e. The van der Waals surface area contributed by atoms with Crippen LogP contribution in [0.1, 0.15) is 23.2 Å². The minimum Gasteiger partial charge on any atom is -0.493 e. The predicted octanol–water partition coefficient (Wildman–Crippen LogP) is 4.29. The van der Waals surface area contributed by atoms with E-state index in [1.165, 1.54) is 38.7 Å². The van der Waals surface area contributed by atoms with E-state index in [-0.39, 0.29) is 17.5 Å². The molecule has 1 saturated heterocycles. The first-order valence-electron chi connectivity index (χ1n) is 9.84. The molecule has 0 bridgehead atoms. The molecule has 0 spiro atoms. The van der Waals surface area contributed by atoms with Gasteiger partial charge in [0.15, 0.2) is 16.6 Å². The fourth-order valence-corrected chi connectivity index (χ4v) is 4.61. The molecule has 164 valence electrons.